The van der Waals surface area contributed by atoms with Crippen LogP contribution in [-0.2, 0) is 14.3 Å². The molecule has 1 N–H and O–H groups in total. The molecule has 0 heterocycles. The highest BCUT2D eigenvalue weighted by Gasteiger charge is 2.02. The molecule has 0 aliphatic carbocycles. The molecule has 0 aliphatic heterocycles. The van der Waals surface area contributed by atoms with E-state index in [1.54, 1.807) is 24.3 Å². The second-order valence-electron chi connectivity index (χ2n) is 3.00. The first-order valence-electron chi connectivity index (χ1n) is 5.00. The second-order valence-corrected chi connectivity index (χ2v) is 3.00. The molecule has 5 nitrogen and oxygen atoms in total. The molecule has 0 aliphatic rings. The van der Waals surface area contributed by atoms with Gasteiger partial charge in [0.2, 0.25) is 0 Å². The Labute approximate surface area is 99.0 Å². The fraction of sp³-hybridized carbons (Fsp3) is 0.167. The third-order valence-corrected chi connectivity index (χ3v) is 1.75. The van der Waals surface area contributed by atoms with Gasteiger partial charge < -0.3 is 9.47 Å². The number of hydrogen-bond donors (Lipinski definition) is 1. The number of carbonyl (C=O) groups is 2. The number of benzene rings is 1. The molecule has 0 unspecified atom stereocenters. The first-order chi connectivity index (χ1) is 8.22. The van der Waals surface area contributed by atoms with Gasteiger partial charge in [-0.2, -0.15) is 0 Å². The summed E-state index contributed by atoms with van der Waals surface area (Å²) in [6.45, 7) is 3.24. The summed E-state index contributed by atoms with van der Waals surface area (Å²) in [6.07, 6.45) is 0.454. The van der Waals surface area contributed by atoms with Crippen LogP contribution in [0.2, 0.25) is 0 Å². The summed E-state index contributed by atoms with van der Waals surface area (Å²) in [7, 11) is 0. The van der Waals surface area contributed by atoms with E-state index in [1.807, 2.05) is 6.07 Å². The van der Waals surface area contributed by atoms with Gasteiger partial charge in [-0.05, 0) is 12.1 Å². The van der Waals surface area contributed by atoms with E-state index in [1.165, 1.54) is 0 Å². The van der Waals surface area contributed by atoms with Crippen molar-refractivity contribution in [3.05, 3.63) is 43.0 Å². The highest BCUT2D eigenvalue weighted by molar-refractivity contribution is 5.84. The van der Waals surface area contributed by atoms with Crippen LogP contribution in [0.3, 0.4) is 0 Å². The lowest BCUT2D eigenvalue weighted by Gasteiger charge is -2.06. The summed E-state index contributed by atoms with van der Waals surface area (Å²) in [5.74, 6) is -0.544. The van der Waals surface area contributed by atoms with Crippen molar-refractivity contribution in [3.63, 3.8) is 0 Å². The lowest BCUT2D eigenvalue weighted by Crippen LogP contribution is -2.17. The van der Waals surface area contributed by atoms with Crippen molar-refractivity contribution in [1.29, 1.82) is 0 Å². The predicted molar refractivity (Wildman–Crippen MR) is 62.6 cm³/mol. The molecule has 1 aromatic rings. The minimum Gasteiger partial charge on any atom is -0.459 e. The number of anilines is 1. The van der Waals surface area contributed by atoms with E-state index < -0.39 is 12.1 Å². The maximum Gasteiger partial charge on any atom is 0.411 e. The molecule has 1 aromatic carbocycles. The van der Waals surface area contributed by atoms with Gasteiger partial charge >= 0.3 is 12.1 Å². The van der Waals surface area contributed by atoms with Gasteiger partial charge in [0.25, 0.3) is 0 Å². The minimum atomic E-state index is -0.592. The number of carbonyl (C=O) groups excluding carboxylic acids is 2. The SMILES string of the molecule is C=CC(=O)OCCOC(=O)Nc1ccccc1. The van der Waals surface area contributed by atoms with Gasteiger partial charge in [-0.25, -0.2) is 9.59 Å². The van der Waals surface area contributed by atoms with E-state index in [4.69, 9.17) is 4.74 Å². The maximum absolute atomic E-state index is 11.2. The van der Waals surface area contributed by atoms with Crippen molar-refractivity contribution in [2.24, 2.45) is 0 Å². The zero-order chi connectivity index (χ0) is 12.5. The molecule has 0 spiro atoms. The summed E-state index contributed by atoms with van der Waals surface area (Å²) in [6, 6.07) is 8.90. The van der Waals surface area contributed by atoms with Crippen molar-refractivity contribution in [2.75, 3.05) is 18.5 Å². The van der Waals surface area contributed by atoms with Crippen molar-refractivity contribution >= 4 is 17.7 Å². The molecular formula is C12H13NO4. The van der Waals surface area contributed by atoms with Gasteiger partial charge in [0.15, 0.2) is 0 Å². The fourth-order valence-corrected chi connectivity index (χ4v) is 1.01. The van der Waals surface area contributed by atoms with Crippen LogP contribution in [0.5, 0.6) is 0 Å². The van der Waals surface area contributed by atoms with E-state index in [2.05, 4.69) is 16.6 Å². The van der Waals surface area contributed by atoms with Gasteiger partial charge in [0.05, 0.1) is 0 Å². The molecule has 0 fully saturated rings. The third-order valence-electron chi connectivity index (χ3n) is 1.75. The van der Waals surface area contributed by atoms with Crippen LogP contribution >= 0.6 is 0 Å². The number of para-hydroxylation sites is 1. The van der Waals surface area contributed by atoms with Gasteiger partial charge in [-0.1, -0.05) is 24.8 Å². The summed E-state index contributed by atoms with van der Waals surface area (Å²) >= 11 is 0. The topological polar surface area (TPSA) is 64.6 Å². The molecule has 5 heteroatoms. The zero-order valence-electron chi connectivity index (χ0n) is 9.22. The molecule has 0 bridgehead atoms. The Balaban J connectivity index is 2.18. The highest BCUT2D eigenvalue weighted by atomic mass is 16.6. The molecule has 0 aromatic heterocycles. The standard InChI is InChI=1S/C12H13NO4/c1-2-11(14)16-8-9-17-12(15)13-10-6-4-3-5-7-10/h2-7H,1,8-9H2,(H,13,15). The minimum absolute atomic E-state index is 0.00174. The number of hydrogen-bond acceptors (Lipinski definition) is 4. The summed E-state index contributed by atoms with van der Waals surface area (Å²) < 4.78 is 9.41. The van der Waals surface area contributed by atoms with Crippen LogP contribution in [0.4, 0.5) is 10.5 Å². The molecule has 0 atom stereocenters. The van der Waals surface area contributed by atoms with Crippen LogP contribution in [0.15, 0.2) is 43.0 Å². The van der Waals surface area contributed by atoms with Crippen LogP contribution < -0.4 is 5.32 Å². The smallest absolute Gasteiger partial charge is 0.411 e. The third kappa shape index (κ3) is 5.36. The maximum atomic E-state index is 11.2. The van der Waals surface area contributed by atoms with E-state index >= 15 is 0 Å². The largest absolute Gasteiger partial charge is 0.459 e. The van der Waals surface area contributed by atoms with E-state index in [-0.39, 0.29) is 13.2 Å². The highest BCUT2D eigenvalue weighted by Crippen LogP contribution is 2.04. The second kappa shape index (κ2) is 7.05. The number of rotatable bonds is 5. The average molecular weight is 235 g/mol. The Hall–Kier alpha value is -2.30. The van der Waals surface area contributed by atoms with E-state index in [9.17, 15) is 9.59 Å². The Morgan fingerprint density at radius 2 is 1.82 bits per heavy atom. The summed E-state index contributed by atoms with van der Waals surface area (Å²) in [4.78, 5) is 21.9. The number of esters is 1. The van der Waals surface area contributed by atoms with Gasteiger partial charge in [-0.3, -0.25) is 5.32 Å². The van der Waals surface area contributed by atoms with E-state index in [0.717, 1.165) is 6.08 Å². The molecule has 1 amide bonds. The van der Waals surface area contributed by atoms with Crippen LogP contribution in [0.25, 0.3) is 0 Å². The monoisotopic (exact) mass is 235 g/mol. The van der Waals surface area contributed by atoms with Crippen LogP contribution in [0, 0.1) is 0 Å². The Bertz CT molecular complexity index is 389. The first-order valence-corrected chi connectivity index (χ1v) is 5.00. The van der Waals surface area contributed by atoms with Crippen molar-refractivity contribution in [1.82, 2.24) is 0 Å². The molecule has 0 radical (unpaired) electrons. The van der Waals surface area contributed by atoms with E-state index in [0.29, 0.717) is 5.69 Å². The lowest BCUT2D eigenvalue weighted by atomic mass is 10.3. The van der Waals surface area contributed by atoms with Crippen molar-refractivity contribution in [2.45, 2.75) is 0 Å². The fourth-order valence-electron chi connectivity index (χ4n) is 1.01. The average Bonchev–Trinajstić information content (AvgIpc) is 2.35. The number of nitrogens with one attached hydrogen (secondary N) is 1. The Kier molecular flexibility index (Phi) is 5.30. The van der Waals surface area contributed by atoms with Crippen LogP contribution in [0.1, 0.15) is 0 Å². The summed E-state index contributed by atoms with van der Waals surface area (Å²) in [5, 5.41) is 2.52. The molecule has 90 valence electrons. The van der Waals surface area contributed by atoms with Crippen molar-refractivity contribution in [3.8, 4) is 0 Å². The summed E-state index contributed by atoms with van der Waals surface area (Å²) in [5.41, 5.74) is 0.639. The lowest BCUT2D eigenvalue weighted by molar-refractivity contribution is -0.138. The Morgan fingerprint density at radius 1 is 1.18 bits per heavy atom. The predicted octanol–water partition coefficient (Wildman–Crippen LogP) is 1.96. The molecule has 17 heavy (non-hydrogen) atoms. The molecule has 0 saturated heterocycles. The number of ether oxygens (including phenoxy) is 2. The van der Waals surface area contributed by atoms with Gasteiger partial charge in [0, 0.05) is 11.8 Å². The quantitative estimate of drug-likeness (QED) is 0.481. The van der Waals surface area contributed by atoms with Gasteiger partial charge in [-0.15, -0.1) is 0 Å². The van der Waals surface area contributed by atoms with Gasteiger partial charge in [0.1, 0.15) is 13.2 Å². The first kappa shape index (κ1) is 12.8. The molecule has 1 rings (SSSR count). The number of amides is 1. The van der Waals surface area contributed by atoms with Crippen LogP contribution in [-0.4, -0.2) is 25.3 Å². The molecule has 0 saturated carbocycles. The molecular weight excluding hydrogens is 222 g/mol. The zero-order valence-corrected chi connectivity index (χ0v) is 9.22. The van der Waals surface area contributed by atoms with Crippen molar-refractivity contribution < 1.29 is 19.1 Å². The Morgan fingerprint density at radius 3 is 2.47 bits per heavy atom. The normalized spacial score (nSPS) is 9.18.